The van der Waals surface area contributed by atoms with Crippen LogP contribution >= 0.6 is 15.9 Å². The molecule has 0 saturated carbocycles. The Balaban J connectivity index is 2.02. The minimum absolute atomic E-state index is 0.277. The SMILES string of the molecule is Nc1ccc(OCc2ccc(F)c(Br)c2)cc1. The highest BCUT2D eigenvalue weighted by Crippen LogP contribution is 2.19. The van der Waals surface area contributed by atoms with Gasteiger partial charge >= 0.3 is 0 Å². The van der Waals surface area contributed by atoms with Crippen molar-refractivity contribution in [3.8, 4) is 5.75 Å². The summed E-state index contributed by atoms with van der Waals surface area (Å²) < 4.78 is 19.0. The maximum atomic E-state index is 13.0. The third-order valence-electron chi connectivity index (χ3n) is 2.27. The molecule has 0 aliphatic rings. The quantitative estimate of drug-likeness (QED) is 0.875. The number of ether oxygens (including phenoxy) is 1. The lowest BCUT2D eigenvalue weighted by atomic mass is 10.2. The molecule has 0 saturated heterocycles. The lowest BCUT2D eigenvalue weighted by molar-refractivity contribution is 0.306. The van der Waals surface area contributed by atoms with E-state index in [2.05, 4.69) is 15.9 Å². The van der Waals surface area contributed by atoms with Crippen molar-refractivity contribution in [1.29, 1.82) is 0 Å². The average Bonchev–Trinajstić information content (AvgIpc) is 2.33. The first kappa shape index (κ1) is 11.9. The van der Waals surface area contributed by atoms with Crippen LogP contribution in [0.1, 0.15) is 5.56 Å². The number of hydrogen-bond acceptors (Lipinski definition) is 2. The van der Waals surface area contributed by atoms with Crippen molar-refractivity contribution in [2.75, 3.05) is 5.73 Å². The van der Waals surface area contributed by atoms with E-state index in [0.29, 0.717) is 16.8 Å². The van der Waals surface area contributed by atoms with Gasteiger partial charge in [0.05, 0.1) is 4.47 Å². The van der Waals surface area contributed by atoms with Crippen LogP contribution < -0.4 is 10.5 Å². The van der Waals surface area contributed by atoms with Crippen LogP contribution in [0.25, 0.3) is 0 Å². The molecule has 2 rings (SSSR count). The Hall–Kier alpha value is -1.55. The maximum Gasteiger partial charge on any atom is 0.137 e. The number of anilines is 1. The molecule has 88 valence electrons. The Morgan fingerprint density at radius 3 is 2.47 bits per heavy atom. The second-order valence-electron chi connectivity index (χ2n) is 3.61. The third kappa shape index (κ3) is 3.20. The predicted octanol–water partition coefficient (Wildman–Crippen LogP) is 3.75. The minimum atomic E-state index is -0.277. The number of rotatable bonds is 3. The molecule has 0 heterocycles. The summed E-state index contributed by atoms with van der Waals surface area (Å²) in [4.78, 5) is 0. The van der Waals surface area contributed by atoms with Crippen LogP contribution in [0.3, 0.4) is 0 Å². The van der Waals surface area contributed by atoms with Crippen molar-refractivity contribution in [2.24, 2.45) is 0 Å². The lowest BCUT2D eigenvalue weighted by Gasteiger charge is -2.07. The molecule has 0 spiro atoms. The van der Waals surface area contributed by atoms with Gasteiger partial charge in [0.2, 0.25) is 0 Å². The summed E-state index contributed by atoms with van der Waals surface area (Å²) in [5.41, 5.74) is 7.16. The normalized spacial score (nSPS) is 10.2. The second-order valence-corrected chi connectivity index (χ2v) is 4.46. The molecule has 0 atom stereocenters. The summed E-state index contributed by atoms with van der Waals surface area (Å²) in [6, 6.07) is 11.9. The lowest BCUT2D eigenvalue weighted by Crippen LogP contribution is -1.96. The smallest absolute Gasteiger partial charge is 0.137 e. The van der Waals surface area contributed by atoms with Gasteiger partial charge in [0.15, 0.2) is 0 Å². The van der Waals surface area contributed by atoms with E-state index in [4.69, 9.17) is 10.5 Å². The highest BCUT2D eigenvalue weighted by Gasteiger charge is 2.01. The summed E-state index contributed by atoms with van der Waals surface area (Å²) in [5, 5.41) is 0. The Labute approximate surface area is 107 Å². The Morgan fingerprint density at radius 2 is 1.82 bits per heavy atom. The fourth-order valence-corrected chi connectivity index (χ4v) is 1.79. The standard InChI is InChI=1S/C13H11BrFNO/c14-12-7-9(1-6-13(12)15)8-17-11-4-2-10(16)3-5-11/h1-7H,8,16H2. The van der Waals surface area contributed by atoms with Crippen molar-refractivity contribution in [2.45, 2.75) is 6.61 Å². The average molecular weight is 296 g/mol. The summed E-state index contributed by atoms with van der Waals surface area (Å²) in [7, 11) is 0. The van der Waals surface area contributed by atoms with Crippen LogP contribution in [0.15, 0.2) is 46.9 Å². The monoisotopic (exact) mass is 295 g/mol. The largest absolute Gasteiger partial charge is 0.489 e. The number of hydrogen-bond donors (Lipinski definition) is 1. The van der Waals surface area contributed by atoms with Gasteiger partial charge in [-0.25, -0.2) is 4.39 Å². The van der Waals surface area contributed by atoms with E-state index in [1.807, 2.05) is 0 Å². The summed E-state index contributed by atoms with van der Waals surface area (Å²) in [5.74, 6) is 0.459. The molecule has 0 bridgehead atoms. The van der Waals surface area contributed by atoms with Gasteiger partial charge in [0, 0.05) is 5.69 Å². The van der Waals surface area contributed by atoms with Gasteiger partial charge < -0.3 is 10.5 Å². The first-order valence-electron chi connectivity index (χ1n) is 5.07. The Bertz CT molecular complexity index is 513. The predicted molar refractivity (Wildman–Crippen MR) is 69.3 cm³/mol. The zero-order valence-electron chi connectivity index (χ0n) is 8.99. The number of nitrogens with two attached hydrogens (primary N) is 1. The third-order valence-corrected chi connectivity index (χ3v) is 2.88. The summed E-state index contributed by atoms with van der Waals surface area (Å²) in [6.45, 7) is 0.392. The molecule has 2 aromatic rings. The molecule has 0 fully saturated rings. The van der Waals surface area contributed by atoms with Gasteiger partial charge in [-0.05, 0) is 57.9 Å². The fraction of sp³-hybridized carbons (Fsp3) is 0.0769. The van der Waals surface area contributed by atoms with Crippen LogP contribution in [0.4, 0.5) is 10.1 Å². The minimum Gasteiger partial charge on any atom is -0.489 e. The molecule has 0 amide bonds. The van der Waals surface area contributed by atoms with Crippen LogP contribution in [0.2, 0.25) is 0 Å². The van der Waals surface area contributed by atoms with Gasteiger partial charge in [0.1, 0.15) is 18.2 Å². The van der Waals surface area contributed by atoms with Gasteiger partial charge in [-0.2, -0.15) is 0 Å². The molecular formula is C13H11BrFNO. The molecule has 0 unspecified atom stereocenters. The zero-order chi connectivity index (χ0) is 12.3. The van der Waals surface area contributed by atoms with E-state index in [9.17, 15) is 4.39 Å². The molecule has 0 aliphatic heterocycles. The topological polar surface area (TPSA) is 35.2 Å². The first-order valence-corrected chi connectivity index (χ1v) is 5.87. The van der Waals surface area contributed by atoms with Crippen molar-refractivity contribution in [1.82, 2.24) is 0 Å². The maximum absolute atomic E-state index is 13.0. The molecule has 0 aromatic heterocycles. The molecule has 0 aliphatic carbocycles. The summed E-state index contributed by atoms with van der Waals surface area (Å²) in [6.07, 6.45) is 0. The Kier molecular flexibility index (Phi) is 3.64. The van der Waals surface area contributed by atoms with E-state index in [1.165, 1.54) is 6.07 Å². The van der Waals surface area contributed by atoms with Crippen molar-refractivity contribution >= 4 is 21.6 Å². The number of benzene rings is 2. The van der Waals surface area contributed by atoms with Gasteiger partial charge in [-0.15, -0.1) is 0 Å². The number of halogens is 2. The molecule has 4 heteroatoms. The van der Waals surface area contributed by atoms with Crippen LogP contribution in [-0.4, -0.2) is 0 Å². The zero-order valence-corrected chi connectivity index (χ0v) is 10.6. The molecular weight excluding hydrogens is 285 g/mol. The van der Waals surface area contributed by atoms with E-state index < -0.39 is 0 Å². The second kappa shape index (κ2) is 5.19. The molecule has 2 nitrogen and oxygen atoms in total. The van der Waals surface area contributed by atoms with Crippen molar-refractivity contribution < 1.29 is 9.13 Å². The molecule has 2 N–H and O–H groups in total. The van der Waals surface area contributed by atoms with Gasteiger partial charge in [0.25, 0.3) is 0 Å². The van der Waals surface area contributed by atoms with Crippen molar-refractivity contribution in [3.63, 3.8) is 0 Å². The molecule has 17 heavy (non-hydrogen) atoms. The molecule has 0 radical (unpaired) electrons. The molecule has 2 aromatic carbocycles. The van der Waals surface area contributed by atoms with E-state index in [-0.39, 0.29) is 5.82 Å². The van der Waals surface area contributed by atoms with Crippen LogP contribution in [-0.2, 0) is 6.61 Å². The number of nitrogen functional groups attached to an aromatic ring is 1. The van der Waals surface area contributed by atoms with E-state index >= 15 is 0 Å². The van der Waals surface area contributed by atoms with E-state index in [1.54, 1.807) is 36.4 Å². The summed E-state index contributed by atoms with van der Waals surface area (Å²) >= 11 is 3.13. The van der Waals surface area contributed by atoms with E-state index in [0.717, 1.165) is 11.3 Å². The van der Waals surface area contributed by atoms with Gasteiger partial charge in [-0.1, -0.05) is 6.07 Å². The first-order chi connectivity index (χ1) is 8.15. The fourth-order valence-electron chi connectivity index (χ4n) is 1.36. The van der Waals surface area contributed by atoms with Gasteiger partial charge in [-0.3, -0.25) is 0 Å². The van der Waals surface area contributed by atoms with Crippen molar-refractivity contribution in [3.05, 3.63) is 58.3 Å². The highest BCUT2D eigenvalue weighted by molar-refractivity contribution is 9.10. The highest BCUT2D eigenvalue weighted by atomic mass is 79.9. The van der Waals surface area contributed by atoms with Crippen LogP contribution in [0, 0.1) is 5.82 Å². The van der Waals surface area contributed by atoms with Crippen LogP contribution in [0.5, 0.6) is 5.75 Å². The Morgan fingerprint density at radius 1 is 1.12 bits per heavy atom.